The molecule has 156 valence electrons. The Hall–Kier alpha value is -1.76. The van der Waals surface area contributed by atoms with Gasteiger partial charge in [-0.15, -0.1) is 35.3 Å². The van der Waals surface area contributed by atoms with Gasteiger partial charge in [-0.3, -0.25) is 0 Å². The van der Waals surface area contributed by atoms with Gasteiger partial charge < -0.3 is 20.1 Å². The topological polar surface area (TPSA) is 67.8 Å². The van der Waals surface area contributed by atoms with Crippen LogP contribution in [0.1, 0.15) is 23.2 Å². The molecular weight excluding hydrogens is 508 g/mol. The van der Waals surface area contributed by atoms with E-state index < -0.39 is 11.9 Å². The molecule has 0 atom stereocenters. The zero-order chi connectivity index (χ0) is 19.9. The molecule has 1 aromatic carbocycles. The quantitative estimate of drug-likeness (QED) is 0.321. The van der Waals surface area contributed by atoms with Crippen LogP contribution in [0.15, 0.2) is 28.6 Å². The highest BCUT2D eigenvalue weighted by Gasteiger charge is 2.33. The number of alkyl halides is 3. The molecule has 0 bridgehead atoms. The normalized spacial score (nSPS) is 11.6. The summed E-state index contributed by atoms with van der Waals surface area (Å²) in [6, 6.07) is 5.49. The molecule has 0 aliphatic rings. The predicted molar refractivity (Wildman–Crippen MR) is 114 cm³/mol. The third-order valence-electron chi connectivity index (χ3n) is 3.49. The van der Waals surface area contributed by atoms with Crippen LogP contribution < -0.4 is 20.1 Å². The lowest BCUT2D eigenvalue weighted by atomic mass is 10.2. The number of nitrogens with one attached hydrogen (secondary N) is 2. The first-order valence-corrected chi connectivity index (χ1v) is 9.00. The Kier molecular flexibility index (Phi) is 9.79. The zero-order valence-corrected chi connectivity index (χ0v) is 18.7. The number of aromatic nitrogens is 1. The lowest BCUT2D eigenvalue weighted by molar-refractivity contribution is -0.140. The van der Waals surface area contributed by atoms with Crippen LogP contribution in [-0.2, 0) is 19.3 Å². The van der Waals surface area contributed by atoms with E-state index in [0.717, 1.165) is 22.3 Å². The van der Waals surface area contributed by atoms with Crippen LogP contribution >= 0.6 is 35.3 Å². The van der Waals surface area contributed by atoms with Gasteiger partial charge in [0.2, 0.25) is 0 Å². The molecular formula is C17H22F3IN4O2S. The highest BCUT2D eigenvalue weighted by molar-refractivity contribution is 14.0. The largest absolute Gasteiger partial charge is 0.493 e. The number of thiazole rings is 1. The van der Waals surface area contributed by atoms with Gasteiger partial charge >= 0.3 is 6.18 Å². The summed E-state index contributed by atoms with van der Waals surface area (Å²) in [5.41, 5.74) is -0.0602. The standard InChI is InChI=1S/C17H21F3N4O2S.HI/c1-4-21-16(23-9-14-24-13(10-27-14)17(18,19)20)22-8-11-6-5-7-12(25-2)15(11)26-3;/h5-7,10H,4,8-9H2,1-3H3,(H2,21,22,23);1H. The number of halogens is 4. The monoisotopic (exact) mass is 530 g/mol. The van der Waals surface area contributed by atoms with Gasteiger partial charge in [0, 0.05) is 17.5 Å². The van der Waals surface area contributed by atoms with Crippen LogP contribution in [-0.4, -0.2) is 31.7 Å². The molecule has 6 nitrogen and oxygen atoms in total. The molecule has 2 N–H and O–H groups in total. The summed E-state index contributed by atoms with van der Waals surface area (Å²) in [5.74, 6) is 1.66. The second kappa shape index (κ2) is 11.3. The second-order valence-electron chi connectivity index (χ2n) is 5.33. The maximum atomic E-state index is 12.6. The molecule has 0 aliphatic carbocycles. The van der Waals surface area contributed by atoms with Gasteiger partial charge in [0.15, 0.2) is 23.2 Å². The zero-order valence-electron chi connectivity index (χ0n) is 15.6. The molecule has 2 rings (SSSR count). The minimum absolute atomic E-state index is 0. The van der Waals surface area contributed by atoms with Gasteiger partial charge in [-0.25, -0.2) is 9.98 Å². The van der Waals surface area contributed by atoms with Crippen molar-refractivity contribution in [3.63, 3.8) is 0 Å². The van der Waals surface area contributed by atoms with E-state index in [1.165, 1.54) is 0 Å². The first-order chi connectivity index (χ1) is 12.9. The highest BCUT2D eigenvalue weighted by Crippen LogP contribution is 2.31. The molecule has 11 heteroatoms. The van der Waals surface area contributed by atoms with Gasteiger partial charge in [-0.2, -0.15) is 13.2 Å². The van der Waals surface area contributed by atoms with Gasteiger partial charge in [0.1, 0.15) is 5.01 Å². The van der Waals surface area contributed by atoms with E-state index in [1.807, 2.05) is 19.1 Å². The van der Waals surface area contributed by atoms with E-state index >= 15 is 0 Å². The van der Waals surface area contributed by atoms with Gasteiger partial charge in [0.25, 0.3) is 0 Å². The summed E-state index contributed by atoms with van der Waals surface area (Å²) in [7, 11) is 3.11. The Morgan fingerprint density at radius 3 is 2.54 bits per heavy atom. The smallest absolute Gasteiger partial charge is 0.434 e. The number of guanidine groups is 1. The Labute approximate surface area is 182 Å². The molecule has 0 spiro atoms. The minimum atomic E-state index is -4.43. The summed E-state index contributed by atoms with van der Waals surface area (Å²) in [4.78, 5) is 8.05. The Morgan fingerprint density at radius 2 is 1.96 bits per heavy atom. The van der Waals surface area contributed by atoms with Crippen LogP contribution in [0.5, 0.6) is 11.5 Å². The van der Waals surface area contributed by atoms with Crippen molar-refractivity contribution in [1.29, 1.82) is 0 Å². The number of hydrogen-bond acceptors (Lipinski definition) is 5. The molecule has 0 amide bonds. The number of hydrogen-bond donors (Lipinski definition) is 2. The number of benzene rings is 1. The van der Waals surface area contributed by atoms with Crippen molar-refractivity contribution in [2.45, 2.75) is 26.2 Å². The van der Waals surface area contributed by atoms with E-state index in [9.17, 15) is 13.2 Å². The summed E-state index contributed by atoms with van der Waals surface area (Å²) >= 11 is 0.949. The predicted octanol–water partition coefficient (Wildman–Crippen LogP) is 4.05. The number of ether oxygens (including phenoxy) is 2. The second-order valence-corrected chi connectivity index (χ2v) is 6.27. The van der Waals surface area contributed by atoms with E-state index in [1.54, 1.807) is 20.3 Å². The third kappa shape index (κ3) is 6.69. The average molecular weight is 530 g/mol. The first-order valence-electron chi connectivity index (χ1n) is 8.12. The molecule has 1 aromatic heterocycles. The van der Waals surface area contributed by atoms with Crippen LogP contribution in [0, 0.1) is 0 Å². The highest BCUT2D eigenvalue weighted by atomic mass is 127. The summed E-state index contributed by atoms with van der Waals surface area (Å²) in [6.45, 7) is 2.95. The fourth-order valence-corrected chi connectivity index (χ4v) is 3.01. The molecule has 0 aliphatic heterocycles. The van der Waals surface area contributed by atoms with Crippen molar-refractivity contribution < 1.29 is 22.6 Å². The number of para-hydroxylation sites is 1. The molecule has 28 heavy (non-hydrogen) atoms. The van der Waals surface area contributed by atoms with Crippen LogP contribution in [0.3, 0.4) is 0 Å². The van der Waals surface area contributed by atoms with Crippen LogP contribution in [0.25, 0.3) is 0 Å². The molecule has 0 saturated carbocycles. The lowest BCUT2D eigenvalue weighted by Crippen LogP contribution is -2.36. The van der Waals surface area contributed by atoms with E-state index in [0.29, 0.717) is 35.6 Å². The number of rotatable bonds is 7. The van der Waals surface area contributed by atoms with Gasteiger partial charge in [0.05, 0.1) is 27.3 Å². The molecule has 2 aromatic rings. The van der Waals surface area contributed by atoms with Crippen molar-refractivity contribution in [1.82, 2.24) is 15.6 Å². The van der Waals surface area contributed by atoms with E-state index in [-0.39, 0.29) is 30.5 Å². The van der Waals surface area contributed by atoms with Crippen molar-refractivity contribution >= 4 is 41.3 Å². The molecule has 0 saturated heterocycles. The molecule has 0 radical (unpaired) electrons. The summed E-state index contributed by atoms with van der Waals surface area (Å²) < 4.78 is 48.5. The Balaban J connectivity index is 0.00000392. The van der Waals surface area contributed by atoms with Crippen molar-refractivity contribution in [2.75, 3.05) is 20.8 Å². The number of aliphatic imine (C=N–C) groups is 1. The number of methoxy groups -OCH3 is 2. The van der Waals surface area contributed by atoms with Crippen molar-refractivity contribution in [3.8, 4) is 11.5 Å². The molecule has 0 unspecified atom stereocenters. The molecule has 0 fully saturated rings. The fourth-order valence-electron chi connectivity index (χ4n) is 2.27. The minimum Gasteiger partial charge on any atom is -0.493 e. The van der Waals surface area contributed by atoms with Crippen molar-refractivity contribution in [2.24, 2.45) is 4.99 Å². The summed E-state index contributed by atoms with van der Waals surface area (Å²) in [5, 5.41) is 7.36. The number of nitrogens with zero attached hydrogens (tertiary/aromatic N) is 2. The lowest BCUT2D eigenvalue weighted by Gasteiger charge is -2.13. The SMILES string of the molecule is CCNC(=NCc1cccc(OC)c1OC)NCc1nc(C(F)(F)F)cs1.I. The third-order valence-corrected chi connectivity index (χ3v) is 4.33. The average Bonchev–Trinajstić information content (AvgIpc) is 3.13. The maximum absolute atomic E-state index is 12.6. The maximum Gasteiger partial charge on any atom is 0.434 e. The molecule has 1 heterocycles. The van der Waals surface area contributed by atoms with Gasteiger partial charge in [-0.1, -0.05) is 12.1 Å². The summed E-state index contributed by atoms with van der Waals surface area (Å²) in [6.07, 6.45) is -4.43. The fraction of sp³-hybridized carbons (Fsp3) is 0.412. The first kappa shape index (κ1) is 24.3. The van der Waals surface area contributed by atoms with Crippen molar-refractivity contribution in [3.05, 3.63) is 39.8 Å². The van der Waals surface area contributed by atoms with Gasteiger partial charge in [-0.05, 0) is 13.0 Å². The van der Waals surface area contributed by atoms with E-state index in [4.69, 9.17) is 9.47 Å². The Morgan fingerprint density at radius 1 is 1.21 bits per heavy atom. The Bertz CT molecular complexity index is 784. The van der Waals surface area contributed by atoms with E-state index in [2.05, 4.69) is 20.6 Å². The van der Waals surface area contributed by atoms with Crippen LogP contribution in [0.2, 0.25) is 0 Å². The van der Waals surface area contributed by atoms with Crippen LogP contribution in [0.4, 0.5) is 13.2 Å².